The number of benzene rings is 3. The summed E-state index contributed by atoms with van der Waals surface area (Å²) in [5.74, 6) is 0.364. The molecular weight excluding hydrogens is 404 g/mol. The number of anilines is 1. The zero-order chi connectivity index (χ0) is 19.0. The number of nitrogens with one attached hydrogen (secondary N) is 1. The van der Waals surface area contributed by atoms with Crippen LogP contribution < -0.4 is 5.32 Å². The molecule has 27 heavy (non-hydrogen) atoms. The van der Waals surface area contributed by atoms with Crippen molar-refractivity contribution >= 4 is 38.6 Å². The number of hydrogen-bond acceptors (Lipinski definition) is 3. The maximum Gasteiger partial charge on any atom is 0.256 e. The summed E-state index contributed by atoms with van der Waals surface area (Å²) in [4.78, 5) is 17.2. The summed E-state index contributed by atoms with van der Waals surface area (Å²) >= 11 is 3.42. The minimum atomic E-state index is -0.170. The number of hydrogen-bond donors (Lipinski definition) is 1. The van der Waals surface area contributed by atoms with Crippen molar-refractivity contribution in [3.63, 3.8) is 0 Å². The second-order valence-corrected chi connectivity index (χ2v) is 7.31. The second kappa shape index (κ2) is 7.00. The molecule has 0 radical (unpaired) electrons. The molecule has 1 aromatic heterocycles. The minimum Gasteiger partial charge on any atom is -0.436 e. The van der Waals surface area contributed by atoms with Crippen LogP contribution in [0.5, 0.6) is 0 Å². The molecule has 1 N–H and O–H groups in total. The molecule has 4 nitrogen and oxygen atoms in total. The van der Waals surface area contributed by atoms with E-state index in [1.165, 1.54) is 0 Å². The first kappa shape index (κ1) is 17.5. The molecule has 0 saturated carbocycles. The Hall–Kier alpha value is -2.92. The van der Waals surface area contributed by atoms with Gasteiger partial charge in [0.1, 0.15) is 5.52 Å². The summed E-state index contributed by atoms with van der Waals surface area (Å²) in [6.45, 7) is 3.98. The van der Waals surface area contributed by atoms with Crippen molar-refractivity contribution in [2.75, 3.05) is 5.32 Å². The Morgan fingerprint density at radius 2 is 1.85 bits per heavy atom. The Balaban J connectivity index is 1.68. The monoisotopic (exact) mass is 420 g/mol. The number of aromatic nitrogens is 1. The molecule has 0 aliphatic carbocycles. The molecule has 4 aromatic rings. The van der Waals surface area contributed by atoms with Gasteiger partial charge in [0, 0.05) is 15.7 Å². The highest BCUT2D eigenvalue weighted by Crippen LogP contribution is 2.29. The van der Waals surface area contributed by atoms with Crippen molar-refractivity contribution < 1.29 is 9.21 Å². The van der Waals surface area contributed by atoms with Gasteiger partial charge in [-0.25, -0.2) is 4.98 Å². The first-order chi connectivity index (χ1) is 13.0. The normalized spacial score (nSPS) is 10.9. The number of fused-ring (bicyclic) bond motifs is 1. The van der Waals surface area contributed by atoms with Crippen LogP contribution in [0, 0.1) is 13.8 Å². The third-order valence-corrected chi connectivity index (χ3v) is 5.09. The van der Waals surface area contributed by atoms with Gasteiger partial charge in [0.2, 0.25) is 5.89 Å². The van der Waals surface area contributed by atoms with Crippen LogP contribution in [0.3, 0.4) is 0 Å². The quantitative estimate of drug-likeness (QED) is 0.433. The maximum absolute atomic E-state index is 12.6. The van der Waals surface area contributed by atoms with Gasteiger partial charge in [-0.3, -0.25) is 4.79 Å². The third-order valence-electron chi connectivity index (χ3n) is 4.39. The van der Waals surface area contributed by atoms with Crippen LogP contribution in [0.15, 0.2) is 69.6 Å². The van der Waals surface area contributed by atoms with Gasteiger partial charge in [-0.1, -0.05) is 24.3 Å². The number of carbonyl (C=O) groups is 1. The van der Waals surface area contributed by atoms with Crippen LogP contribution in [0.25, 0.3) is 22.6 Å². The third kappa shape index (κ3) is 3.51. The average molecular weight is 421 g/mol. The molecule has 0 aliphatic heterocycles. The smallest absolute Gasteiger partial charge is 0.256 e. The highest BCUT2D eigenvalue weighted by Gasteiger charge is 2.14. The zero-order valence-corrected chi connectivity index (χ0v) is 16.5. The van der Waals surface area contributed by atoms with Crippen molar-refractivity contribution in [2.45, 2.75) is 13.8 Å². The van der Waals surface area contributed by atoms with E-state index in [1.807, 2.05) is 68.4 Å². The Morgan fingerprint density at radius 1 is 1.04 bits per heavy atom. The molecule has 3 aromatic carbocycles. The largest absolute Gasteiger partial charge is 0.436 e. The summed E-state index contributed by atoms with van der Waals surface area (Å²) < 4.78 is 6.64. The lowest BCUT2D eigenvalue weighted by Crippen LogP contribution is -2.13. The fraction of sp³-hybridized carbons (Fsp3) is 0.0909. The molecule has 134 valence electrons. The SMILES string of the molecule is Cc1ccc2oc(-c3ccc(C)c(NC(=O)c4ccccc4Br)c3)nc2c1. The Kier molecular flexibility index (Phi) is 4.54. The number of oxazole rings is 1. The van der Waals surface area contributed by atoms with E-state index in [9.17, 15) is 4.79 Å². The van der Waals surface area contributed by atoms with Crippen molar-refractivity contribution in [1.29, 1.82) is 0 Å². The topological polar surface area (TPSA) is 55.1 Å². The summed E-state index contributed by atoms with van der Waals surface area (Å²) in [6.07, 6.45) is 0. The molecule has 1 amide bonds. The van der Waals surface area contributed by atoms with Gasteiger partial charge in [-0.2, -0.15) is 0 Å². The number of amides is 1. The molecule has 0 unspecified atom stereocenters. The predicted octanol–water partition coefficient (Wildman–Crippen LogP) is 6.13. The Morgan fingerprint density at radius 3 is 2.67 bits per heavy atom. The van der Waals surface area contributed by atoms with Crippen LogP contribution in [0.2, 0.25) is 0 Å². The molecule has 0 atom stereocenters. The number of rotatable bonds is 3. The van der Waals surface area contributed by atoms with E-state index in [2.05, 4.69) is 26.2 Å². The molecule has 0 aliphatic rings. The summed E-state index contributed by atoms with van der Waals surface area (Å²) in [5, 5.41) is 2.98. The molecule has 5 heteroatoms. The van der Waals surface area contributed by atoms with Gasteiger partial charge >= 0.3 is 0 Å². The lowest BCUT2D eigenvalue weighted by molar-refractivity contribution is 0.102. The molecule has 1 heterocycles. The lowest BCUT2D eigenvalue weighted by Gasteiger charge is -2.10. The standard InChI is InChI=1S/C22H17BrN2O2/c1-13-7-10-20-19(11-13)25-22(27-20)15-9-8-14(2)18(12-15)24-21(26)16-5-3-4-6-17(16)23/h3-12H,1-2H3,(H,24,26). The van der Waals surface area contributed by atoms with Crippen LogP contribution >= 0.6 is 15.9 Å². The molecule has 4 rings (SSSR count). The average Bonchev–Trinajstić information content (AvgIpc) is 3.07. The van der Waals surface area contributed by atoms with Gasteiger partial charge in [-0.05, 0) is 77.3 Å². The summed E-state index contributed by atoms with van der Waals surface area (Å²) in [5.41, 5.74) is 5.79. The van der Waals surface area contributed by atoms with E-state index in [4.69, 9.17) is 4.42 Å². The van der Waals surface area contributed by atoms with Gasteiger partial charge in [-0.15, -0.1) is 0 Å². The number of carbonyl (C=O) groups excluding carboxylic acids is 1. The van der Waals surface area contributed by atoms with Gasteiger partial charge in [0.25, 0.3) is 5.91 Å². The summed E-state index contributed by atoms with van der Waals surface area (Å²) in [7, 11) is 0. The second-order valence-electron chi connectivity index (χ2n) is 6.45. The van der Waals surface area contributed by atoms with Crippen molar-refractivity contribution in [3.05, 3.63) is 81.8 Å². The van der Waals surface area contributed by atoms with E-state index >= 15 is 0 Å². The molecule has 0 saturated heterocycles. The minimum absolute atomic E-state index is 0.170. The Labute approximate surface area is 165 Å². The first-order valence-corrected chi connectivity index (χ1v) is 9.34. The first-order valence-electron chi connectivity index (χ1n) is 8.55. The molecular formula is C22H17BrN2O2. The van der Waals surface area contributed by atoms with Crippen molar-refractivity contribution in [1.82, 2.24) is 4.98 Å². The number of aryl methyl sites for hydroxylation is 2. The van der Waals surface area contributed by atoms with Gasteiger partial charge in [0.05, 0.1) is 5.56 Å². The molecule has 0 spiro atoms. The number of halogens is 1. The van der Waals surface area contributed by atoms with E-state index < -0.39 is 0 Å². The van der Waals surface area contributed by atoms with E-state index in [0.29, 0.717) is 11.5 Å². The molecule has 0 fully saturated rings. The van der Waals surface area contributed by atoms with Crippen molar-refractivity contribution in [2.24, 2.45) is 0 Å². The van der Waals surface area contributed by atoms with Crippen LogP contribution in [0.1, 0.15) is 21.5 Å². The van der Waals surface area contributed by atoms with Crippen LogP contribution in [-0.2, 0) is 0 Å². The van der Waals surface area contributed by atoms with E-state index in [-0.39, 0.29) is 5.91 Å². The van der Waals surface area contributed by atoms with Crippen LogP contribution in [0.4, 0.5) is 5.69 Å². The maximum atomic E-state index is 12.6. The van der Waals surface area contributed by atoms with Gasteiger partial charge < -0.3 is 9.73 Å². The highest BCUT2D eigenvalue weighted by molar-refractivity contribution is 9.10. The van der Waals surface area contributed by atoms with E-state index in [1.54, 1.807) is 6.07 Å². The fourth-order valence-electron chi connectivity index (χ4n) is 2.89. The van der Waals surface area contributed by atoms with Crippen molar-refractivity contribution in [3.8, 4) is 11.5 Å². The molecule has 0 bridgehead atoms. The van der Waals surface area contributed by atoms with Gasteiger partial charge in [0.15, 0.2) is 5.58 Å². The predicted molar refractivity (Wildman–Crippen MR) is 111 cm³/mol. The van der Waals surface area contributed by atoms with E-state index in [0.717, 1.165) is 38.0 Å². The fourth-order valence-corrected chi connectivity index (χ4v) is 3.35. The Bertz CT molecular complexity index is 1160. The summed E-state index contributed by atoms with van der Waals surface area (Å²) in [6, 6.07) is 19.0. The number of nitrogens with zero attached hydrogens (tertiary/aromatic N) is 1. The van der Waals surface area contributed by atoms with Crippen LogP contribution in [-0.4, -0.2) is 10.9 Å². The highest BCUT2D eigenvalue weighted by atomic mass is 79.9. The zero-order valence-electron chi connectivity index (χ0n) is 14.9. The lowest BCUT2D eigenvalue weighted by atomic mass is 10.1.